The van der Waals surface area contributed by atoms with Crippen LogP contribution in [0.4, 0.5) is 0 Å². The first-order chi connectivity index (χ1) is 12.0. The number of hydrogen-bond acceptors (Lipinski definition) is 6. The number of carbonyl (C=O) groups excluding carboxylic acids is 2. The Bertz CT molecular complexity index is 676. The number of benzene rings is 1. The Labute approximate surface area is 146 Å². The maximum absolute atomic E-state index is 12.1. The quantitative estimate of drug-likeness (QED) is 0.608. The van der Waals surface area contributed by atoms with E-state index in [-0.39, 0.29) is 31.5 Å². The topological polar surface area (TPSA) is 74.3 Å². The van der Waals surface area contributed by atoms with Crippen molar-refractivity contribution in [2.45, 2.75) is 26.1 Å². The van der Waals surface area contributed by atoms with Crippen LogP contribution in [0.5, 0.6) is 11.5 Å². The second kappa shape index (κ2) is 7.57. The van der Waals surface area contributed by atoms with Crippen LogP contribution < -0.4 is 9.47 Å². The second-order valence-corrected chi connectivity index (χ2v) is 6.11. The van der Waals surface area contributed by atoms with Crippen molar-refractivity contribution in [3.63, 3.8) is 0 Å². The number of nitrogens with zero attached hydrogens (tertiary/aromatic N) is 1. The molecule has 2 aliphatic heterocycles. The van der Waals surface area contributed by atoms with E-state index in [1.807, 2.05) is 13.8 Å². The van der Waals surface area contributed by atoms with E-state index in [2.05, 4.69) is 0 Å². The van der Waals surface area contributed by atoms with Crippen molar-refractivity contribution in [2.75, 3.05) is 26.5 Å². The molecule has 1 aromatic carbocycles. The standard InChI is InChI=1S/C18H21NO6/c1-12-8-19(9-13(2)25-12)17(20)10-22-18(21)6-4-14-3-5-15-16(7-14)24-11-23-15/h3-7,12-13H,8-11H2,1-2H3/b6-4+/t12-,13-/m1/s1. The lowest BCUT2D eigenvalue weighted by Crippen LogP contribution is -2.49. The van der Waals surface area contributed by atoms with E-state index in [0.717, 1.165) is 5.56 Å². The largest absolute Gasteiger partial charge is 0.454 e. The van der Waals surface area contributed by atoms with Gasteiger partial charge in [-0.1, -0.05) is 6.07 Å². The number of hydrogen-bond donors (Lipinski definition) is 0. The molecule has 2 atom stereocenters. The molecule has 134 valence electrons. The van der Waals surface area contributed by atoms with Crippen molar-refractivity contribution in [3.05, 3.63) is 29.8 Å². The summed E-state index contributed by atoms with van der Waals surface area (Å²) in [7, 11) is 0. The lowest BCUT2D eigenvalue weighted by molar-refractivity contribution is -0.154. The molecule has 3 rings (SSSR count). The molecule has 0 N–H and O–H groups in total. The smallest absolute Gasteiger partial charge is 0.331 e. The van der Waals surface area contributed by atoms with Gasteiger partial charge >= 0.3 is 5.97 Å². The number of rotatable bonds is 4. The molecule has 1 amide bonds. The molecule has 0 radical (unpaired) electrons. The van der Waals surface area contributed by atoms with E-state index in [1.54, 1.807) is 29.2 Å². The molecule has 0 aromatic heterocycles. The van der Waals surface area contributed by atoms with Crippen molar-refractivity contribution in [1.82, 2.24) is 4.90 Å². The minimum Gasteiger partial charge on any atom is -0.454 e. The van der Waals surface area contributed by atoms with Gasteiger partial charge in [0.1, 0.15) is 0 Å². The van der Waals surface area contributed by atoms with Gasteiger partial charge in [0.15, 0.2) is 18.1 Å². The van der Waals surface area contributed by atoms with Gasteiger partial charge in [-0.15, -0.1) is 0 Å². The summed E-state index contributed by atoms with van der Waals surface area (Å²) in [5.41, 5.74) is 0.781. The van der Waals surface area contributed by atoms with E-state index in [0.29, 0.717) is 24.6 Å². The Kier molecular flexibility index (Phi) is 5.23. The van der Waals surface area contributed by atoms with Gasteiger partial charge in [-0.25, -0.2) is 4.79 Å². The van der Waals surface area contributed by atoms with Gasteiger partial charge in [0.25, 0.3) is 5.91 Å². The molecule has 2 aliphatic rings. The van der Waals surface area contributed by atoms with E-state index >= 15 is 0 Å². The van der Waals surface area contributed by atoms with E-state index in [9.17, 15) is 9.59 Å². The summed E-state index contributed by atoms with van der Waals surface area (Å²) >= 11 is 0. The van der Waals surface area contributed by atoms with Crippen LogP contribution in [0, 0.1) is 0 Å². The Hall–Kier alpha value is -2.54. The van der Waals surface area contributed by atoms with Crippen molar-refractivity contribution in [3.8, 4) is 11.5 Å². The molecule has 25 heavy (non-hydrogen) atoms. The highest BCUT2D eigenvalue weighted by Gasteiger charge is 2.26. The van der Waals surface area contributed by atoms with Crippen molar-refractivity contribution in [1.29, 1.82) is 0 Å². The molecule has 0 spiro atoms. The number of fused-ring (bicyclic) bond motifs is 1. The zero-order valence-electron chi connectivity index (χ0n) is 14.3. The summed E-state index contributed by atoms with van der Waals surface area (Å²) in [4.78, 5) is 25.6. The second-order valence-electron chi connectivity index (χ2n) is 6.11. The third-order valence-electron chi connectivity index (χ3n) is 3.92. The molecule has 1 fully saturated rings. The first kappa shape index (κ1) is 17.3. The van der Waals surface area contributed by atoms with Crippen LogP contribution in [0.2, 0.25) is 0 Å². The highest BCUT2D eigenvalue weighted by Crippen LogP contribution is 2.32. The Balaban J connectivity index is 1.48. The summed E-state index contributed by atoms with van der Waals surface area (Å²) in [6.45, 7) is 4.77. The van der Waals surface area contributed by atoms with Gasteiger partial charge in [0, 0.05) is 19.2 Å². The first-order valence-electron chi connectivity index (χ1n) is 8.19. The van der Waals surface area contributed by atoms with Gasteiger partial charge in [-0.3, -0.25) is 4.79 Å². The number of amides is 1. The summed E-state index contributed by atoms with van der Waals surface area (Å²) < 4.78 is 21.1. The number of ether oxygens (including phenoxy) is 4. The normalized spacial score (nSPS) is 22.2. The third-order valence-corrected chi connectivity index (χ3v) is 3.92. The number of morpholine rings is 1. The molecule has 0 unspecified atom stereocenters. The van der Waals surface area contributed by atoms with Crippen LogP contribution in [0.3, 0.4) is 0 Å². The highest BCUT2D eigenvalue weighted by atomic mass is 16.7. The highest BCUT2D eigenvalue weighted by molar-refractivity contribution is 5.89. The van der Waals surface area contributed by atoms with Crippen molar-refractivity contribution in [2.24, 2.45) is 0 Å². The Morgan fingerprint density at radius 1 is 1.20 bits per heavy atom. The lowest BCUT2D eigenvalue weighted by Gasteiger charge is -2.35. The zero-order valence-corrected chi connectivity index (χ0v) is 14.3. The average Bonchev–Trinajstić information content (AvgIpc) is 3.04. The van der Waals surface area contributed by atoms with Gasteiger partial charge in [-0.05, 0) is 37.6 Å². The molecule has 0 aliphatic carbocycles. The van der Waals surface area contributed by atoms with Crippen molar-refractivity contribution >= 4 is 18.0 Å². The van der Waals surface area contributed by atoms with E-state index in [4.69, 9.17) is 18.9 Å². The van der Waals surface area contributed by atoms with E-state index in [1.165, 1.54) is 6.08 Å². The van der Waals surface area contributed by atoms with Crippen LogP contribution >= 0.6 is 0 Å². The van der Waals surface area contributed by atoms with Gasteiger partial charge in [0.2, 0.25) is 6.79 Å². The van der Waals surface area contributed by atoms with E-state index < -0.39 is 5.97 Å². The summed E-state index contributed by atoms with van der Waals surface area (Å²) in [5, 5.41) is 0. The molecule has 7 heteroatoms. The van der Waals surface area contributed by atoms with Gasteiger partial charge < -0.3 is 23.8 Å². The van der Waals surface area contributed by atoms with Crippen LogP contribution in [0.15, 0.2) is 24.3 Å². The molecule has 7 nitrogen and oxygen atoms in total. The molecular weight excluding hydrogens is 326 g/mol. The van der Waals surface area contributed by atoms with Crippen molar-refractivity contribution < 1.29 is 28.5 Å². The fourth-order valence-electron chi connectivity index (χ4n) is 2.83. The maximum Gasteiger partial charge on any atom is 0.331 e. The average molecular weight is 347 g/mol. The molecule has 0 bridgehead atoms. The third kappa shape index (κ3) is 4.51. The molecule has 0 saturated carbocycles. The van der Waals surface area contributed by atoms with Crippen LogP contribution in [0.1, 0.15) is 19.4 Å². The van der Waals surface area contributed by atoms with Crippen LogP contribution in [-0.2, 0) is 19.1 Å². The Morgan fingerprint density at radius 3 is 2.68 bits per heavy atom. The Morgan fingerprint density at radius 2 is 1.92 bits per heavy atom. The molecule has 1 saturated heterocycles. The minimum absolute atomic E-state index is 0.0192. The number of esters is 1. The summed E-state index contributed by atoms with van der Waals surface area (Å²) in [6.07, 6.45) is 2.85. The van der Waals surface area contributed by atoms with Gasteiger partial charge in [0.05, 0.1) is 12.2 Å². The SMILES string of the molecule is C[C@@H]1CN(C(=O)COC(=O)/C=C/c2ccc3c(c2)OCO3)C[C@@H](C)O1. The lowest BCUT2D eigenvalue weighted by atomic mass is 10.2. The predicted molar refractivity (Wildman–Crippen MR) is 89.1 cm³/mol. The predicted octanol–water partition coefficient (Wildman–Crippen LogP) is 1.61. The van der Waals surface area contributed by atoms with Crippen LogP contribution in [-0.4, -0.2) is 55.5 Å². The summed E-state index contributed by atoms with van der Waals surface area (Å²) in [5.74, 6) is 0.535. The maximum atomic E-state index is 12.1. The molecule has 2 heterocycles. The summed E-state index contributed by atoms with van der Waals surface area (Å²) in [6, 6.07) is 5.35. The minimum atomic E-state index is -0.569. The fourth-order valence-corrected chi connectivity index (χ4v) is 2.83. The van der Waals surface area contributed by atoms with Gasteiger partial charge in [-0.2, -0.15) is 0 Å². The monoisotopic (exact) mass is 347 g/mol. The number of carbonyl (C=O) groups is 2. The fraction of sp³-hybridized carbons (Fsp3) is 0.444. The molecular formula is C18H21NO6. The molecule has 1 aromatic rings. The first-order valence-corrected chi connectivity index (χ1v) is 8.19. The zero-order chi connectivity index (χ0) is 17.8. The van der Waals surface area contributed by atoms with Crippen LogP contribution in [0.25, 0.3) is 6.08 Å².